The Labute approximate surface area is 75.8 Å². The highest BCUT2D eigenvalue weighted by molar-refractivity contribution is 5.80. The Kier molecular flexibility index (Phi) is 1.69. The van der Waals surface area contributed by atoms with E-state index in [4.69, 9.17) is 4.42 Å². The van der Waals surface area contributed by atoms with Crippen molar-refractivity contribution >= 4 is 11.0 Å². The third-order valence-electron chi connectivity index (χ3n) is 2.12. The molecule has 0 aliphatic carbocycles. The Morgan fingerprint density at radius 3 is 2.77 bits per heavy atom. The summed E-state index contributed by atoms with van der Waals surface area (Å²) in [5, 5.41) is 0.910. The second-order valence-electron chi connectivity index (χ2n) is 3.25. The van der Waals surface area contributed by atoms with Crippen LogP contribution in [0.25, 0.3) is 11.0 Å². The van der Waals surface area contributed by atoms with Crippen LogP contribution in [0, 0.1) is 13.8 Å². The highest BCUT2D eigenvalue weighted by atomic mass is 16.3. The van der Waals surface area contributed by atoms with Crippen molar-refractivity contribution in [3.63, 3.8) is 0 Å². The Morgan fingerprint density at radius 2 is 2.00 bits per heavy atom. The van der Waals surface area contributed by atoms with E-state index in [1.54, 1.807) is 18.4 Å². The standard InChI is InChI=1S/C11H10O2/c1-7-3-4-10(12)11-9(5-7)8(2)6-13-11/h3-6H,1-2H3. The molecule has 0 spiro atoms. The maximum atomic E-state index is 11.5. The lowest BCUT2D eigenvalue weighted by Crippen LogP contribution is -1.91. The van der Waals surface area contributed by atoms with Crippen molar-refractivity contribution in [3.05, 3.63) is 45.8 Å². The average molecular weight is 174 g/mol. The van der Waals surface area contributed by atoms with Gasteiger partial charge in [0.2, 0.25) is 5.43 Å². The molecule has 1 aromatic heterocycles. The van der Waals surface area contributed by atoms with Crippen LogP contribution in [0.5, 0.6) is 0 Å². The van der Waals surface area contributed by atoms with Crippen LogP contribution in [0.4, 0.5) is 0 Å². The second-order valence-corrected chi connectivity index (χ2v) is 3.25. The SMILES string of the molecule is Cc1ccc(=O)c2occ(C)c2c1. The number of aryl methyl sites for hydroxylation is 2. The summed E-state index contributed by atoms with van der Waals surface area (Å²) in [5.41, 5.74) is 2.46. The van der Waals surface area contributed by atoms with E-state index in [0.29, 0.717) is 5.58 Å². The molecule has 0 radical (unpaired) electrons. The van der Waals surface area contributed by atoms with Gasteiger partial charge >= 0.3 is 0 Å². The fraction of sp³-hybridized carbons (Fsp3) is 0.182. The Morgan fingerprint density at radius 1 is 1.23 bits per heavy atom. The quantitative estimate of drug-likeness (QED) is 0.614. The van der Waals surface area contributed by atoms with E-state index in [1.165, 1.54) is 0 Å². The zero-order valence-electron chi connectivity index (χ0n) is 7.63. The average Bonchev–Trinajstić information content (AvgIpc) is 2.37. The molecule has 0 saturated carbocycles. The largest absolute Gasteiger partial charge is 0.460 e. The fourth-order valence-corrected chi connectivity index (χ4v) is 1.38. The maximum Gasteiger partial charge on any atom is 0.221 e. The summed E-state index contributed by atoms with van der Waals surface area (Å²) in [4.78, 5) is 11.5. The zero-order chi connectivity index (χ0) is 9.42. The van der Waals surface area contributed by atoms with Gasteiger partial charge in [-0.25, -0.2) is 0 Å². The van der Waals surface area contributed by atoms with E-state index < -0.39 is 0 Å². The van der Waals surface area contributed by atoms with Crippen LogP contribution in [-0.2, 0) is 0 Å². The Balaban J connectivity index is 3.06. The van der Waals surface area contributed by atoms with Gasteiger partial charge in [-0.3, -0.25) is 4.79 Å². The zero-order valence-corrected chi connectivity index (χ0v) is 7.63. The summed E-state index contributed by atoms with van der Waals surface area (Å²) in [5.74, 6) is 0. The van der Waals surface area contributed by atoms with Crippen LogP contribution in [0.15, 0.2) is 33.7 Å². The topological polar surface area (TPSA) is 30.2 Å². The van der Waals surface area contributed by atoms with Crippen molar-refractivity contribution in [2.75, 3.05) is 0 Å². The summed E-state index contributed by atoms with van der Waals surface area (Å²) < 4.78 is 5.18. The van der Waals surface area contributed by atoms with Gasteiger partial charge in [0.1, 0.15) is 0 Å². The Bertz CT molecular complexity index is 509. The van der Waals surface area contributed by atoms with E-state index in [-0.39, 0.29) is 5.43 Å². The molecule has 0 amide bonds. The first-order chi connectivity index (χ1) is 6.18. The predicted octanol–water partition coefficient (Wildman–Crippen LogP) is 2.41. The van der Waals surface area contributed by atoms with Gasteiger partial charge in [0.05, 0.1) is 6.26 Å². The smallest absolute Gasteiger partial charge is 0.221 e. The molecular formula is C11H10O2. The van der Waals surface area contributed by atoms with Crippen LogP contribution < -0.4 is 5.43 Å². The number of hydrogen-bond acceptors (Lipinski definition) is 2. The van der Waals surface area contributed by atoms with Crippen molar-refractivity contribution in [1.82, 2.24) is 0 Å². The lowest BCUT2D eigenvalue weighted by molar-refractivity contribution is 0.610. The van der Waals surface area contributed by atoms with E-state index >= 15 is 0 Å². The normalized spacial score (nSPS) is 10.6. The summed E-state index contributed by atoms with van der Waals surface area (Å²) in [6.07, 6.45) is 1.62. The van der Waals surface area contributed by atoms with Crippen molar-refractivity contribution in [1.29, 1.82) is 0 Å². The molecule has 0 fully saturated rings. The van der Waals surface area contributed by atoms with Crippen molar-refractivity contribution in [2.45, 2.75) is 13.8 Å². The molecule has 2 nitrogen and oxygen atoms in total. The molecule has 0 aliphatic heterocycles. The molecule has 0 unspecified atom stereocenters. The molecule has 0 bridgehead atoms. The molecule has 0 atom stereocenters. The molecule has 2 aromatic rings. The van der Waals surface area contributed by atoms with E-state index in [9.17, 15) is 4.79 Å². The first-order valence-corrected chi connectivity index (χ1v) is 4.17. The minimum Gasteiger partial charge on any atom is -0.460 e. The van der Waals surface area contributed by atoms with Gasteiger partial charge in [-0.15, -0.1) is 0 Å². The van der Waals surface area contributed by atoms with Crippen LogP contribution in [0.3, 0.4) is 0 Å². The maximum absolute atomic E-state index is 11.5. The molecule has 1 heterocycles. The minimum absolute atomic E-state index is 0.0591. The Hall–Kier alpha value is -1.57. The van der Waals surface area contributed by atoms with Crippen molar-refractivity contribution < 1.29 is 4.42 Å². The summed E-state index contributed by atoms with van der Waals surface area (Å²) in [7, 11) is 0. The third-order valence-corrected chi connectivity index (χ3v) is 2.12. The minimum atomic E-state index is -0.0591. The van der Waals surface area contributed by atoms with Gasteiger partial charge in [-0.2, -0.15) is 0 Å². The van der Waals surface area contributed by atoms with Crippen LogP contribution in [-0.4, -0.2) is 0 Å². The van der Waals surface area contributed by atoms with Gasteiger partial charge < -0.3 is 4.42 Å². The molecule has 66 valence electrons. The van der Waals surface area contributed by atoms with Gasteiger partial charge in [0.25, 0.3) is 0 Å². The number of furan rings is 1. The van der Waals surface area contributed by atoms with E-state index in [1.807, 2.05) is 19.9 Å². The van der Waals surface area contributed by atoms with E-state index in [2.05, 4.69) is 0 Å². The highest BCUT2D eigenvalue weighted by Crippen LogP contribution is 2.16. The van der Waals surface area contributed by atoms with Gasteiger partial charge in [-0.1, -0.05) is 11.6 Å². The van der Waals surface area contributed by atoms with Crippen LogP contribution in [0.2, 0.25) is 0 Å². The first-order valence-electron chi connectivity index (χ1n) is 4.17. The molecule has 0 saturated heterocycles. The van der Waals surface area contributed by atoms with E-state index in [0.717, 1.165) is 16.5 Å². The molecular weight excluding hydrogens is 164 g/mol. The monoisotopic (exact) mass is 174 g/mol. The number of hydrogen-bond donors (Lipinski definition) is 0. The summed E-state index contributed by atoms with van der Waals surface area (Å²) in [6, 6.07) is 5.31. The molecule has 13 heavy (non-hydrogen) atoms. The third kappa shape index (κ3) is 1.24. The van der Waals surface area contributed by atoms with Gasteiger partial charge in [0, 0.05) is 5.39 Å². The molecule has 1 aromatic carbocycles. The van der Waals surface area contributed by atoms with Crippen LogP contribution >= 0.6 is 0 Å². The fourth-order valence-electron chi connectivity index (χ4n) is 1.38. The molecule has 2 heteroatoms. The molecule has 0 N–H and O–H groups in total. The summed E-state index contributed by atoms with van der Waals surface area (Å²) >= 11 is 0. The van der Waals surface area contributed by atoms with Crippen LogP contribution in [0.1, 0.15) is 11.1 Å². The number of rotatable bonds is 0. The van der Waals surface area contributed by atoms with Gasteiger partial charge in [-0.05, 0) is 31.5 Å². The van der Waals surface area contributed by atoms with Gasteiger partial charge in [0.15, 0.2) is 5.58 Å². The first kappa shape index (κ1) is 8.05. The predicted molar refractivity (Wildman–Crippen MR) is 52.0 cm³/mol. The summed E-state index contributed by atoms with van der Waals surface area (Å²) in [6.45, 7) is 3.90. The number of fused-ring (bicyclic) bond motifs is 1. The van der Waals surface area contributed by atoms with Crippen molar-refractivity contribution in [2.24, 2.45) is 0 Å². The second kappa shape index (κ2) is 2.73. The molecule has 2 rings (SSSR count). The lowest BCUT2D eigenvalue weighted by Gasteiger charge is -1.82. The molecule has 0 aliphatic rings. The lowest BCUT2D eigenvalue weighted by atomic mass is 10.2. The van der Waals surface area contributed by atoms with Crippen molar-refractivity contribution in [3.8, 4) is 0 Å². The highest BCUT2D eigenvalue weighted by Gasteiger charge is 2.03.